The lowest BCUT2D eigenvalue weighted by Gasteiger charge is -2.29. The molecule has 0 aromatic carbocycles. The number of aliphatic hydroxyl groups is 1. The van der Waals surface area contributed by atoms with E-state index in [-0.39, 0.29) is 0 Å². The average Bonchev–Trinajstić information content (AvgIpc) is 2.49. The van der Waals surface area contributed by atoms with Gasteiger partial charge in [-0.05, 0) is 31.7 Å². The number of aliphatic hydroxyl groups excluding tert-OH is 1. The highest BCUT2D eigenvalue weighted by atomic mass is 16.5. The molecule has 0 aromatic rings. The van der Waals surface area contributed by atoms with Crippen molar-refractivity contribution < 1.29 is 19.3 Å². The molecular formula is C16H33NO4. The van der Waals surface area contributed by atoms with E-state index in [4.69, 9.17) is 14.2 Å². The molecule has 0 aliphatic heterocycles. The summed E-state index contributed by atoms with van der Waals surface area (Å²) in [6.45, 7) is 6.13. The number of hydrogen-bond donors (Lipinski definition) is 2. The highest BCUT2D eigenvalue weighted by Gasteiger charge is 2.22. The normalized spacial score (nSPS) is 24.1. The molecule has 2 N–H and O–H groups in total. The summed E-state index contributed by atoms with van der Waals surface area (Å²) in [6.07, 6.45) is 5.82. The average molecular weight is 303 g/mol. The van der Waals surface area contributed by atoms with E-state index < -0.39 is 6.10 Å². The molecule has 0 saturated heterocycles. The predicted octanol–water partition coefficient (Wildman–Crippen LogP) is 1.59. The van der Waals surface area contributed by atoms with Crippen LogP contribution in [-0.2, 0) is 14.2 Å². The highest BCUT2D eigenvalue weighted by Crippen LogP contribution is 2.26. The van der Waals surface area contributed by atoms with Crippen LogP contribution in [0, 0.1) is 5.92 Å². The maximum atomic E-state index is 9.90. The fourth-order valence-electron chi connectivity index (χ4n) is 2.64. The molecule has 0 amide bonds. The van der Waals surface area contributed by atoms with Crippen molar-refractivity contribution in [2.75, 3.05) is 46.6 Å². The van der Waals surface area contributed by atoms with Gasteiger partial charge < -0.3 is 24.6 Å². The topological polar surface area (TPSA) is 60.0 Å². The number of hydrogen-bond acceptors (Lipinski definition) is 5. The van der Waals surface area contributed by atoms with Gasteiger partial charge in [-0.1, -0.05) is 19.8 Å². The molecule has 0 aromatic heterocycles. The second-order valence-corrected chi connectivity index (χ2v) is 5.95. The van der Waals surface area contributed by atoms with E-state index in [0.29, 0.717) is 38.4 Å². The van der Waals surface area contributed by atoms with Gasteiger partial charge in [-0.2, -0.15) is 0 Å². The van der Waals surface area contributed by atoms with Gasteiger partial charge in [0.1, 0.15) is 0 Å². The third-order valence-electron chi connectivity index (χ3n) is 3.99. The van der Waals surface area contributed by atoms with Gasteiger partial charge in [0.2, 0.25) is 0 Å². The van der Waals surface area contributed by atoms with Crippen molar-refractivity contribution in [3.8, 4) is 0 Å². The first-order valence-corrected chi connectivity index (χ1v) is 8.31. The molecule has 5 heteroatoms. The van der Waals surface area contributed by atoms with E-state index in [1.54, 1.807) is 7.11 Å². The second-order valence-electron chi connectivity index (χ2n) is 5.95. The lowest BCUT2D eigenvalue weighted by Crippen LogP contribution is -2.35. The van der Waals surface area contributed by atoms with Crippen LogP contribution < -0.4 is 5.32 Å². The zero-order chi connectivity index (χ0) is 15.3. The smallest absolute Gasteiger partial charge is 0.0897 e. The molecule has 1 fully saturated rings. The summed E-state index contributed by atoms with van der Waals surface area (Å²) < 4.78 is 16.1. The predicted molar refractivity (Wildman–Crippen MR) is 83.6 cm³/mol. The summed E-state index contributed by atoms with van der Waals surface area (Å²) in [5, 5.41) is 13.1. The summed E-state index contributed by atoms with van der Waals surface area (Å²) in [6, 6.07) is 0. The number of nitrogens with one attached hydrogen (secondary N) is 1. The van der Waals surface area contributed by atoms with E-state index in [0.717, 1.165) is 26.0 Å². The van der Waals surface area contributed by atoms with E-state index in [1.807, 2.05) is 0 Å². The third-order valence-corrected chi connectivity index (χ3v) is 3.99. The molecule has 0 bridgehead atoms. The SMILES string of the molecule is COCCOCCCNCC(O)COC1CCCCC1C. The first kappa shape index (κ1) is 18.8. The maximum Gasteiger partial charge on any atom is 0.0897 e. The Labute approximate surface area is 129 Å². The molecule has 1 saturated carbocycles. The number of ether oxygens (including phenoxy) is 3. The molecule has 3 atom stereocenters. The first-order valence-electron chi connectivity index (χ1n) is 8.31. The molecule has 0 spiro atoms. The molecule has 0 radical (unpaired) electrons. The summed E-state index contributed by atoms with van der Waals surface area (Å²) in [7, 11) is 1.67. The van der Waals surface area contributed by atoms with Gasteiger partial charge >= 0.3 is 0 Å². The lowest BCUT2D eigenvalue weighted by molar-refractivity contribution is -0.0451. The minimum absolute atomic E-state index is 0.336. The molecule has 1 aliphatic carbocycles. The van der Waals surface area contributed by atoms with Crippen LogP contribution in [0.25, 0.3) is 0 Å². The molecule has 0 heterocycles. The molecular weight excluding hydrogens is 270 g/mol. The van der Waals surface area contributed by atoms with Gasteiger partial charge in [0, 0.05) is 20.3 Å². The van der Waals surface area contributed by atoms with E-state index in [2.05, 4.69) is 12.2 Å². The van der Waals surface area contributed by atoms with Gasteiger partial charge in [0.05, 0.1) is 32.0 Å². The maximum absolute atomic E-state index is 9.90. The Morgan fingerprint density at radius 3 is 2.76 bits per heavy atom. The van der Waals surface area contributed by atoms with Crippen LogP contribution >= 0.6 is 0 Å². The van der Waals surface area contributed by atoms with Crippen molar-refractivity contribution in [3.05, 3.63) is 0 Å². The number of rotatable bonds is 12. The van der Waals surface area contributed by atoms with E-state index in [9.17, 15) is 5.11 Å². The van der Waals surface area contributed by atoms with Crippen LogP contribution in [0.5, 0.6) is 0 Å². The standard InChI is InChI=1S/C16H33NO4/c1-14-6-3-4-7-16(14)21-13-15(18)12-17-8-5-9-20-11-10-19-2/h14-18H,3-13H2,1-2H3. The Balaban J connectivity index is 1.90. The lowest BCUT2D eigenvalue weighted by atomic mass is 9.88. The van der Waals surface area contributed by atoms with Crippen molar-refractivity contribution in [2.45, 2.75) is 51.2 Å². The fraction of sp³-hybridized carbons (Fsp3) is 1.00. The van der Waals surface area contributed by atoms with Gasteiger partial charge in [-0.15, -0.1) is 0 Å². The molecule has 1 rings (SSSR count). The van der Waals surface area contributed by atoms with Crippen LogP contribution in [0.15, 0.2) is 0 Å². The van der Waals surface area contributed by atoms with Crippen molar-refractivity contribution in [1.82, 2.24) is 5.32 Å². The summed E-state index contributed by atoms with van der Waals surface area (Å²) >= 11 is 0. The number of methoxy groups -OCH3 is 1. The minimum atomic E-state index is -0.423. The quantitative estimate of drug-likeness (QED) is 0.536. The van der Waals surface area contributed by atoms with E-state index in [1.165, 1.54) is 19.3 Å². The largest absolute Gasteiger partial charge is 0.389 e. The van der Waals surface area contributed by atoms with Crippen LogP contribution in [0.4, 0.5) is 0 Å². The summed E-state index contributed by atoms with van der Waals surface area (Å²) in [4.78, 5) is 0. The van der Waals surface area contributed by atoms with Crippen molar-refractivity contribution in [3.63, 3.8) is 0 Å². The minimum Gasteiger partial charge on any atom is -0.389 e. The second kappa shape index (κ2) is 12.4. The van der Waals surface area contributed by atoms with Gasteiger partial charge in [-0.25, -0.2) is 0 Å². The van der Waals surface area contributed by atoms with Crippen LogP contribution in [0.1, 0.15) is 39.0 Å². The summed E-state index contributed by atoms with van der Waals surface area (Å²) in [5.74, 6) is 0.628. The summed E-state index contributed by atoms with van der Waals surface area (Å²) in [5.41, 5.74) is 0. The zero-order valence-electron chi connectivity index (χ0n) is 13.7. The Kier molecular flexibility index (Phi) is 11.1. The van der Waals surface area contributed by atoms with Gasteiger partial charge in [0.15, 0.2) is 0 Å². The van der Waals surface area contributed by atoms with Crippen molar-refractivity contribution in [2.24, 2.45) is 5.92 Å². The fourth-order valence-corrected chi connectivity index (χ4v) is 2.64. The zero-order valence-corrected chi connectivity index (χ0v) is 13.7. The Hall–Kier alpha value is -0.200. The van der Waals surface area contributed by atoms with E-state index >= 15 is 0 Å². The van der Waals surface area contributed by atoms with Gasteiger partial charge in [0.25, 0.3) is 0 Å². The monoisotopic (exact) mass is 303 g/mol. The molecule has 126 valence electrons. The first-order chi connectivity index (χ1) is 10.2. The molecule has 21 heavy (non-hydrogen) atoms. The molecule has 3 unspecified atom stereocenters. The Morgan fingerprint density at radius 2 is 2.00 bits per heavy atom. The van der Waals surface area contributed by atoms with Crippen molar-refractivity contribution in [1.29, 1.82) is 0 Å². The third kappa shape index (κ3) is 9.42. The van der Waals surface area contributed by atoms with Crippen LogP contribution in [0.2, 0.25) is 0 Å². The van der Waals surface area contributed by atoms with Gasteiger partial charge in [-0.3, -0.25) is 0 Å². The molecule has 5 nitrogen and oxygen atoms in total. The van der Waals surface area contributed by atoms with Crippen LogP contribution in [-0.4, -0.2) is 63.9 Å². The Bertz CT molecular complexity index is 240. The molecule has 1 aliphatic rings. The van der Waals surface area contributed by atoms with Crippen molar-refractivity contribution >= 4 is 0 Å². The highest BCUT2D eigenvalue weighted by molar-refractivity contribution is 4.73. The Morgan fingerprint density at radius 1 is 1.19 bits per heavy atom. The van der Waals surface area contributed by atoms with Crippen LogP contribution in [0.3, 0.4) is 0 Å².